The molecule has 15 heavy (non-hydrogen) atoms. The van der Waals surface area contributed by atoms with Gasteiger partial charge < -0.3 is 5.32 Å². The van der Waals surface area contributed by atoms with Gasteiger partial charge >= 0.3 is 0 Å². The zero-order chi connectivity index (χ0) is 11.3. The molecule has 0 aliphatic carbocycles. The summed E-state index contributed by atoms with van der Waals surface area (Å²) in [4.78, 5) is 4.35. The third kappa shape index (κ3) is 3.99. The number of nitrogens with one attached hydrogen (secondary N) is 1. The molecule has 0 saturated carbocycles. The number of aryl methyl sites for hydroxylation is 1. The van der Waals surface area contributed by atoms with Crippen LogP contribution in [0.2, 0.25) is 0 Å². The summed E-state index contributed by atoms with van der Waals surface area (Å²) in [7, 11) is 0. The van der Waals surface area contributed by atoms with Crippen LogP contribution in [0, 0.1) is 6.92 Å². The van der Waals surface area contributed by atoms with Crippen molar-refractivity contribution < 1.29 is 0 Å². The minimum Gasteiger partial charge on any atom is -0.366 e. The van der Waals surface area contributed by atoms with Gasteiger partial charge in [0.05, 0.1) is 4.47 Å². The Bertz CT molecular complexity index is 317. The molecule has 0 aromatic carbocycles. The summed E-state index contributed by atoms with van der Waals surface area (Å²) in [5.74, 6) is 1.58. The molecule has 4 heteroatoms. The lowest BCUT2D eigenvalue weighted by Crippen LogP contribution is -2.19. The molecular weight excluding hydrogens is 275 g/mol. The molecular formula is C11H16BrClN2. The molecule has 1 unspecified atom stereocenters. The van der Waals surface area contributed by atoms with Crippen LogP contribution in [0.4, 0.5) is 5.82 Å². The van der Waals surface area contributed by atoms with E-state index in [9.17, 15) is 0 Å². The highest BCUT2D eigenvalue weighted by atomic mass is 79.9. The standard InChI is InChI=1S/C11H16BrClN2/c1-3-9(4-5-13)15-11-10(12)6-8(2)7-14-11/h6-7,9H,3-5H2,1-2H3,(H,14,15). The molecule has 0 radical (unpaired) electrons. The molecule has 0 aliphatic rings. The minimum absolute atomic E-state index is 0.397. The van der Waals surface area contributed by atoms with Crippen LogP contribution in [0.3, 0.4) is 0 Å². The zero-order valence-electron chi connectivity index (χ0n) is 9.06. The molecule has 1 aromatic rings. The maximum absolute atomic E-state index is 5.73. The third-order valence-corrected chi connectivity index (χ3v) is 3.09. The Kier molecular flexibility index (Phi) is 5.40. The Morgan fingerprint density at radius 1 is 1.60 bits per heavy atom. The van der Waals surface area contributed by atoms with Crippen LogP contribution >= 0.6 is 27.5 Å². The fourth-order valence-corrected chi connectivity index (χ4v) is 2.18. The van der Waals surface area contributed by atoms with Gasteiger partial charge in [-0.25, -0.2) is 4.98 Å². The van der Waals surface area contributed by atoms with Crippen molar-refractivity contribution in [3.63, 3.8) is 0 Å². The number of rotatable bonds is 5. The predicted molar refractivity (Wildman–Crippen MR) is 69.7 cm³/mol. The van der Waals surface area contributed by atoms with E-state index in [1.54, 1.807) is 0 Å². The van der Waals surface area contributed by atoms with Crippen molar-refractivity contribution >= 4 is 33.3 Å². The van der Waals surface area contributed by atoms with Gasteiger partial charge in [0, 0.05) is 18.1 Å². The molecule has 1 heterocycles. The number of pyridine rings is 1. The SMILES string of the molecule is CCC(CCCl)Nc1ncc(C)cc1Br. The molecule has 1 aromatic heterocycles. The normalized spacial score (nSPS) is 12.5. The van der Waals surface area contributed by atoms with Gasteiger partial charge in [0.15, 0.2) is 0 Å². The van der Waals surface area contributed by atoms with Crippen LogP contribution in [0.1, 0.15) is 25.3 Å². The molecule has 2 nitrogen and oxygen atoms in total. The lowest BCUT2D eigenvalue weighted by atomic mass is 10.2. The first-order valence-corrected chi connectivity index (χ1v) is 6.44. The van der Waals surface area contributed by atoms with Crippen molar-refractivity contribution in [2.45, 2.75) is 32.7 Å². The topological polar surface area (TPSA) is 24.9 Å². The van der Waals surface area contributed by atoms with E-state index in [2.05, 4.69) is 39.2 Å². The zero-order valence-corrected chi connectivity index (χ0v) is 11.4. The molecule has 0 amide bonds. The Morgan fingerprint density at radius 3 is 2.87 bits per heavy atom. The van der Waals surface area contributed by atoms with Crippen LogP contribution in [0.15, 0.2) is 16.7 Å². The number of alkyl halides is 1. The second-order valence-electron chi connectivity index (χ2n) is 3.57. The fraction of sp³-hybridized carbons (Fsp3) is 0.545. The summed E-state index contributed by atoms with van der Waals surface area (Å²) >= 11 is 9.23. The van der Waals surface area contributed by atoms with E-state index in [0.29, 0.717) is 11.9 Å². The average Bonchev–Trinajstić information content (AvgIpc) is 2.21. The van der Waals surface area contributed by atoms with Crippen LogP contribution in [0.25, 0.3) is 0 Å². The van der Waals surface area contributed by atoms with E-state index >= 15 is 0 Å². The predicted octanol–water partition coefficient (Wildman–Crippen LogP) is 3.97. The molecule has 0 aliphatic heterocycles. The number of aromatic nitrogens is 1. The van der Waals surface area contributed by atoms with Crippen LogP contribution in [0.5, 0.6) is 0 Å². The Morgan fingerprint density at radius 2 is 2.33 bits per heavy atom. The highest BCUT2D eigenvalue weighted by Gasteiger charge is 2.08. The number of halogens is 2. The van der Waals surface area contributed by atoms with Gasteiger partial charge in [0.2, 0.25) is 0 Å². The maximum Gasteiger partial charge on any atom is 0.140 e. The monoisotopic (exact) mass is 290 g/mol. The van der Waals surface area contributed by atoms with Gasteiger partial charge in [-0.05, 0) is 47.3 Å². The van der Waals surface area contributed by atoms with E-state index < -0.39 is 0 Å². The Labute approximate surface area is 105 Å². The molecule has 0 fully saturated rings. The van der Waals surface area contributed by atoms with Gasteiger partial charge in [0.25, 0.3) is 0 Å². The Hall–Kier alpha value is -0.280. The minimum atomic E-state index is 0.397. The first kappa shape index (κ1) is 12.8. The van der Waals surface area contributed by atoms with Crippen molar-refractivity contribution in [1.29, 1.82) is 0 Å². The fourth-order valence-electron chi connectivity index (χ4n) is 1.34. The molecule has 1 rings (SSSR count). The second kappa shape index (κ2) is 6.33. The van der Waals surface area contributed by atoms with Gasteiger partial charge in [-0.2, -0.15) is 0 Å². The summed E-state index contributed by atoms with van der Waals surface area (Å²) in [5.41, 5.74) is 1.15. The molecule has 0 spiro atoms. The lowest BCUT2D eigenvalue weighted by Gasteiger charge is -2.17. The van der Waals surface area contributed by atoms with Gasteiger partial charge in [-0.3, -0.25) is 0 Å². The van der Waals surface area contributed by atoms with Crippen molar-refractivity contribution in [3.05, 3.63) is 22.3 Å². The third-order valence-electron chi connectivity index (χ3n) is 2.27. The van der Waals surface area contributed by atoms with Crippen molar-refractivity contribution in [1.82, 2.24) is 4.98 Å². The maximum atomic E-state index is 5.73. The molecule has 1 atom stereocenters. The van der Waals surface area contributed by atoms with Crippen molar-refractivity contribution in [2.24, 2.45) is 0 Å². The van der Waals surface area contributed by atoms with Crippen LogP contribution in [-0.2, 0) is 0 Å². The number of hydrogen-bond donors (Lipinski definition) is 1. The lowest BCUT2D eigenvalue weighted by molar-refractivity contribution is 0.671. The van der Waals surface area contributed by atoms with E-state index in [-0.39, 0.29) is 0 Å². The number of nitrogens with zero attached hydrogens (tertiary/aromatic N) is 1. The van der Waals surface area contributed by atoms with Crippen molar-refractivity contribution in [2.75, 3.05) is 11.2 Å². The average molecular weight is 292 g/mol. The molecule has 0 saturated heterocycles. The molecule has 1 N–H and O–H groups in total. The smallest absolute Gasteiger partial charge is 0.140 e. The second-order valence-corrected chi connectivity index (χ2v) is 4.80. The van der Waals surface area contributed by atoms with Gasteiger partial charge in [-0.15, -0.1) is 11.6 Å². The first-order chi connectivity index (χ1) is 7.17. The van der Waals surface area contributed by atoms with Gasteiger partial charge in [-0.1, -0.05) is 6.92 Å². The summed E-state index contributed by atoms with van der Waals surface area (Å²) in [6, 6.07) is 2.46. The van der Waals surface area contributed by atoms with Crippen molar-refractivity contribution in [3.8, 4) is 0 Å². The highest BCUT2D eigenvalue weighted by Crippen LogP contribution is 2.22. The van der Waals surface area contributed by atoms with E-state index in [0.717, 1.165) is 28.7 Å². The Balaban J connectivity index is 2.70. The van der Waals surface area contributed by atoms with E-state index in [4.69, 9.17) is 11.6 Å². The largest absolute Gasteiger partial charge is 0.366 e. The summed E-state index contributed by atoms with van der Waals surface area (Å²) < 4.78 is 1.01. The first-order valence-electron chi connectivity index (χ1n) is 5.12. The summed E-state index contributed by atoms with van der Waals surface area (Å²) in [6.45, 7) is 4.17. The summed E-state index contributed by atoms with van der Waals surface area (Å²) in [6.07, 6.45) is 3.87. The quantitative estimate of drug-likeness (QED) is 0.830. The highest BCUT2D eigenvalue weighted by molar-refractivity contribution is 9.10. The summed E-state index contributed by atoms with van der Waals surface area (Å²) in [5, 5.41) is 3.38. The van der Waals surface area contributed by atoms with Crippen LogP contribution in [-0.4, -0.2) is 16.9 Å². The van der Waals surface area contributed by atoms with E-state index in [1.165, 1.54) is 0 Å². The molecule has 84 valence electrons. The van der Waals surface area contributed by atoms with E-state index in [1.807, 2.05) is 13.1 Å². The number of anilines is 1. The van der Waals surface area contributed by atoms with Crippen LogP contribution < -0.4 is 5.32 Å². The molecule has 0 bridgehead atoms. The van der Waals surface area contributed by atoms with Gasteiger partial charge in [0.1, 0.15) is 5.82 Å². The number of hydrogen-bond acceptors (Lipinski definition) is 2.